The standard InChI is InChI=1S/C28H39N5O3/c1-36-19-3-10-30-27(34)26-5-2-4-24(20-26)22-32-15-17-33(18-16-32)28(35)25-8-13-31(14-9-25)21-23-6-11-29-12-7-23/h2,4-7,11-12,20,25H,3,8-10,13-19,21-22H2,1H3,(H,30,34). The maximum atomic E-state index is 13.2. The highest BCUT2D eigenvalue weighted by Gasteiger charge is 2.30. The summed E-state index contributed by atoms with van der Waals surface area (Å²) in [7, 11) is 1.66. The number of benzene rings is 1. The molecule has 0 atom stereocenters. The molecule has 0 bridgehead atoms. The first kappa shape index (κ1) is 26.3. The van der Waals surface area contributed by atoms with Gasteiger partial charge in [0.25, 0.3) is 5.91 Å². The number of carbonyl (C=O) groups excluding carboxylic acids is 2. The predicted molar refractivity (Wildman–Crippen MR) is 139 cm³/mol. The van der Waals surface area contributed by atoms with Crippen LogP contribution in [0.1, 0.15) is 40.7 Å². The zero-order chi connectivity index (χ0) is 25.2. The van der Waals surface area contributed by atoms with E-state index in [-0.39, 0.29) is 11.8 Å². The molecular weight excluding hydrogens is 454 g/mol. The van der Waals surface area contributed by atoms with Crippen LogP contribution in [0, 0.1) is 5.92 Å². The molecule has 2 saturated heterocycles. The van der Waals surface area contributed by atoms with Gasteiger partial charge < -0.3 is 15.0 Å². The maximum absolute atomic E-state index is 13.2. The van der Waals surface area contributed by atoms with E-state index in [2.05, 4.69) is 43.2 Å². The second kappa shape index (κ2) is 13.5. The second-order valence-electron chi connectivity index (χ2n) is 9.81. The van der Waals surface area contributed by atoms with E-state index in [1.807, 2.05) is 30.6 Å². The Morgan fingerprint density at radius 2 is 1.64 bits per heavy atom. The van der Waals surface area contributed by atoms with Gasteiger partial charge >= 0.3 is 0 Å². The summed E-state index contributed by atoms with van der Waals surface area (Å²) in [5.41, 5.74) is 3.09. The number of likely N-dealkylation sites (tertiary alicyclic amines) is 1. The van der Waals surface area contributed by atoms with Crippen LogP contribution in [0.25, 0.3) is 0 Å². The van der Waals surface area contributed by atoms with Gasteiger partial charge in [-0.25, -0.2) is 0 Å². The molecule has 8 heteroatoms. The summed E-state index contributed by atoms with van der Waals surface area (Å²) < 4.78 is 5.03. The third kappa shape index (κ3) is 7.59. The molecule has 2 aromatic rings. The maximum Gasteiger partial charge on any atom is 0.251 e. The minimum Gasteiger partial charge on any atom is -0.385 e. The molecule has 0 aliphatic carbocycles. The monoisotopic (exact) mass is 493 g/mol. The number of nitrogens with one attached hydrogen (secondary N) is 1. The Balaban J connectivity index is 1.18. The number of ether oxygens (including phenoxy) is 1. The van der Waals surface area contributed by atoms with Crippen molar-refractivity contribution in [3.8, 4) is 0 Å². The lowest BCUT2D eigenvalue weighted by molar-refractivity contribution is -0.139. The number of piperidine rings is 1. The van der Waals surface area contributed by atoms with Crippen molar-refractivity contribution in [1.29, 1.82) is 0 Å². The van der Waals surface area contributed by atoms with Crippen LogP contribution in [0.5, 0.6) is 0 Å². The van der Waals surface area contributed by atoms with E-state index >= 15 is 0 Å². The van der Waals surface area contributed by atoms with Gasteiger partial charge in [0.15, 0.2) is 0 Å². The molecule has 3 heterocycles. The Hall–Kier alpha value is -2.81. The van der Waals surface area contributed by atoms with Gasteiger partial charge in [0.2, 0.25) is 5.91 Å². The van der Waals surface area contributed by atoms with Crippen molar-refractivity contribution in [1.82, 2.24) is 25.0 Å². The molecule has 1 aromatic heterocycles. The highest BCUT2D eigenvalue weighted by atomic mass is 16.5. The molecule has 2 fully saturated rings. The van der Waals surface area contributed by atoms with Crippen LogP contribution in [0.3, 0.4) is 0 Å². The smallest absolute Gasteiger partial charge is 0.251 e. The summed E-state index contributed by atoms with van der Waals surface area (Å²) in [6, 6.07) is 12.0. The lowest BCUT2D eigenvalue weighted by Gasteiger charge is -2.38. The van der Waals surface area contributed by atoms with Crippen LogP contribution in [-0.2, 0) is 22.6 Å². The van der Waals surface area contributed by atoms with Crippen LogP contribution in [0.2, 0.25) is 0 Å². The van der Waals surface area contributed by atoms with Crippen LogP contribution in [0.15, 0.2) is 48.8 Å². The van der Waals surface area contributed by atoms with E-state index in [9.17, 15) is 9.59 Å². The summed E-state index contributed by atoms with van der Waals surface area (Å²) in [5, 5.41) is 2.95. The summed E-state index contributed by atoms with van der Waals surface area (Å²) in [4.78, 5) is 36.5. The summed E-state index contributed by atoms with van der Waals surface area (Å²) in [6.45, 7) is 8.17. The average molecular weight is 494 g/mol. The molecule has 2 aliphatic rings. The van der Waals surface area contributed by atoms with Gasteiger partial charge in [0, 0.05) is 83.4 Å². The van der Waals surface area contributed by atoms with E-state index in [1.165, 1.54) is 5.56 Å². The molecule has 2 amide bonds. The third-order valence-electron chi connectivity index (χ3n) is 7.18. The normalized spacial score (nSPS) is 17.8. The molecule has 2 aliphatic heterocycles. The van der Waals surface area contributed by atoms with Crippen LogP contribution in [0.4, 0.5) is 0 Å². The fraction of sp³-hybridized carbons (Fsp3) is 0.536. The summed E-state index contributed by atoms with van der Waals surface area (Å²) >= 11 is 0. The first-order valence-electron chi connectivity index (χ1n) is 13.1. The second-order valence-corrected chi connectivity index (χ2v) is 9.81. The van der Waals surface area contributed by atoms with Crippen LogP contribution in [-0.4, -0.2) is 91.0 Å². The Morgan fingerprint density at radius 1 is 0.944 bits per heavy atom. The summed E-state index contributed by atoms with van der Waals surface area (Å²) in [6.07, 6.45) is 6.35. The summed E-state index contributed by atoms with van der Waals surface area (Å²) in [5.74, 6) is 0.421. The molecule has 0 radical (unpaired) electrons. The lowest BCUT2D eigenvalue weighted by Crippen LogP contribution is -2.51. The van der Waals surface area contributed by atoms with Crippen LogP contribution < -0.4 is 5.32 Å². The SMILES string of the molecule is COCCCNC(=O)c1cccc(CN2CCN(C(=O)C3CCN(Cc4ccncc4)CC3)CC2)c1. The number of piperazine rings is 1. The Labute approximate surface area is 214 Å². The Morgan fingerprint density at radius 3 is 2.36 bits per heavy atom. The van der Waals surface area contributed by atoms with E-state index in [1.54, 1.807) is 7.11 Å². The van der Waals surface area contributed by atoms with Gasteiger partial charge in [-0.05, 0) is 67.7 Å². The van der Waals surface area contributed by atoms with Gasteiger partial charge in [0.05, 0.1) is 0 Å². The molecule has 1 N–H and O–H groups in total. The fourth-order valence-electron chi connectivity index (χ4n) is 5.06. The number of amides is 2. The number of methoxy groups -OCH3 is 1. The van der Waals surface area contributed by atoms with E-state index in [4.69, 9.17) is 4.74 Å². The van der Waals surface area contributed by atoms with Crippen LogP contribution >= 0.6 is 0 Å². The Bertz CT molecular complexity index is 970. The largest absolute Gasteiger partial charge is 0.385 e. The molecule has 8 nitrogen and oxygen atoms in total. The van der Waals surface area contributed by atoms with Crippen molar-refractivity contribution in [3.63, 3.8) is 0 Å². The quantitative estimate of drug-likeness (QED) is 0.512. The number of carbonyl (C=O) groups is 2. The average Bonchev–Trinajstić information content (AvgIpc) is 2.92. The first-order chi connectivity index (χ1) is 17.6. The van der Waals surface area contributed by atoms with E-state index < -0.39 is 0 Å². The number of nitrogens with zero attached hydrogens (tertiary/aromatic N) is 4. The van der Waals surface area contributed by atoms with Crippen molar-refractivity contribution in [2.45, 2.75) is 32.4 Å². The lowest BCUT2D eigenvalue weighted by atomic mass is 9.94. The van der Waals surface area contributed by atoms with Gasteiger partial charge in [0.1, 0.15) is 0 Å². The fourth-order valence-corrected chi connectivity index (χ4v) is 5.06. The zero-order valence-corrected chi connectivity index (χ0v) is 21.4. The number of aromatic nitrogens is 1. The van der Waals surface area contributed by atoms with Crippen molar-refractivity contribution >= 4 is 11.8 Å². The van der Waals surface area contributed by atoms with E-state index in [0.29, 0.717) is 24.6 Å². The molecule has 194 valence electrons. The van der Waals surface area contributed by atoms with Crippen molar-refractivity contribution in [3.05, 3.63) is 65.5 Å². The molecule has 4 rings (SSSR count). The van der Waals surface area contributed by atoms with Gasteiger partial charge in [-0.1, -0.05) is 12.1 Å². The molecule has 36 heavy (non-hydrogen) atoms. The molecular formula is C28H39N5O3. The minimum absolute atomic E-state index is 0.0461. The highest BCUT2D eigenvalue weighted by molar-refractivity contribution is 5.94. The molecule has 0 spiro atoms. The van der Waals surface area contributed by atoms with Crippen molar-refractivity contribution in [2.75, 3.05) is 59.5 Å². The number of hydrogen-bond acceptors (Lipinski definition) is 6. The van der Waals surface area contributed by atoms with Gasteiger partial charge in [-0.15, -0.1) is 0 Å². The molecule has 0 saturated carbocycles. The number of rotatable bonds is 10. The van der Waals surface area contributed by atoms with Gasteiger partial charge in [-0.2, -0.15) is 0 Å². The topological polar surface area (TPSA) is 78.0 Å². The van der Waals surface area contributed by atoms with Crippen molar-refractivity contribution in [2.24, 2.45) is 5.92 Å². The molecule has 1 aromatic carbocycles. The highest BCUT2D eigenvalue weighted by Crippen LogP contribution is 2.22. The van der Waals surface area contributed by atoms with E-state index in [0.717, 1.165) is 77.2 Å². The minimum atomic E-state index is -0.0461. The third-order valence-corrected chi connectivity index (χ3v) is 7.18. The van der Waals surface area contributed by atoms with Gasteiger partial charge in [-0.3, -0.25) is 24.4 Å². The Kier molecular flexibility index (Phi) is 9.84. The van der Waals surface area contributed by atoms with Crippen molar-refractivity contribution < 1.29 is 14.3 Å². The number of hydrogen-bond donors (Lipinski definition) is 1. The molecule has 0 unspecified atom stereocenters. The first-order valence-corrected chi connectivity index (χ1v) is 13.1. The zero-order valence-electron chi connectivity index (χ0n) is 21.4. The predicted octanol–water partition coefficient (Wildman–Crippen LogP) is 2.40. The number of pyridine rings is 1.